The van der Waals surface area contributed by atoms with E-state index < -0.39 is 20.9 Å². The lowest BCUT2D eigenvalue weighted by atomic mass is 10.2. The highest BCUT2D eigenvalue weighted by Gasteiger charge is 2.22. The molecule has 0 spiro atoms. The van der Waals surface area contributed by atoms with Crippen LogP contribution in [-0.2, 0) is 16.6 Å². The number of sulfonamides is 1. The number of H-pyrrole nitrogens is 1. The molecule has 1 aromatic heterocycles. The smallest absolute Gasteiger partial charge is 0.337 e. The number of hydrogen-bond donors (Lipinski definition) is 4. The van der Waals surface area contributed by atoms with Crippen LogP contribution < -0.4 is 15.3 Å². The molecule has 0 bridgehead atoms. The topological polar surface area (TPSA) is 142 Å². The van der Waals surface area contributed by atoms with Crippen LogP contribution in [0.1, 0.15) is 16.1 Å². The monoisotopic (exact) mass is 329 g/mol. The van der Waals surface area contributed by atoms with Crippen molar-refractivity contribution in [2.45, 2.75) is 11.4 Å². The molecular formula is C11H11N3O5S2. The van der Waals surface area contributed by atoms with Crippen LogP contribution in [0.25, 0.3) is 0 Å². The number of thiazole rings is 1. The van der Waals surface area contributed by atoms with Gasteiger partial charge in [-0.1, -0.05) is 11.3 Å². The first-order valence-electron chi connectivity index (χ1n) is 5.59. The van der Waals surface area contributed by atoms with Gasteiger partial charge in [-0.05, 0) is 18.2 Å². The van der Waals surface area contributed by atoms with Crippen molar-refractivity contribution in [2.24, 2.45) is 0 Å². The van der Waals surface area contributed by atoms with E-state index in [0.29, 0.717) is 5.69 Å². The summed E-state index contributed by atoms with van der Waals surface area (Å²) >= 11 is 0.901. The number of carbonyl (C=O) groups is 1. The lowest BCUT2D eigenvalue weighted by Crippen LogP contribution is -2.25. The van der Waals surface area contributed by atoms with Gasteiger partial charge in [0.05, 0.1) is 17.0 Å². The third kappa shape index (κ3) is 3.48. The Labute approximate surface area is 123 Å². The quantitative estimate of drug-likeness (QED) is 0.577. The first kappa shape index (κ1) is 15.2. The van der Waals surface area contributed by atoms with Crippen molar-refractivity contribution >= 4 is 33.0 Å². The predicted molar refractivity (Wildman–Crippen MR) is 76.8 cm³/mol. The fourth-order valence-corrected chi connectivity index (χ4v) is 3.41. The first-order valence-corrected chi connectivity index (χ1v) is 7.95. The molecule has 0 aliphatic carbocycles. The highest BCUT2D eigenvalue weighted by Crippen LogP contribution is 2.19. The Morgan fingerprint density at radius 1 is 1.43 bits per heavy atom. The number of aromatic nitrogens is 1. The zero-order chi connectivity index (χ0) is 15.6. The zero-order valence-electron chi connectivity index (χ0n) is 10.5. The van der Waals surface area contributed by atoms with Gasteiger partial charge in [0.2, 0.25) is 10.0 Å². The van der Waals surface area contributed by atoms with E-state index in [1.165, 1.54) is 11.4 Å². The summed E-state index contributed by atoms with van der Waals surface area (Å²) in [6, 6.07) is 3.50. The van der Waals surface area contributed by atoms with E-state index in [1.54, 1.807) is 0 Å². The van der Waals surface area contributed by atoms with Crippen molar-refractivity contribution < 1.29 is 18.3 Å². The summed E-state index contributed by atoms with van der Waals surface area (Å²) < 4.78 is 26.6. The van der Waals surface area contributed by atoms with Gasteiger partial charge < -0.3 is 15.8 Å². The average Bonchev–Trinajstić information content (AvgIpc) is 2.82. The molecule has 0 atom stereocenters. The number of nitrogen functional groups attached to an aromatic ring is 1. The third-order valence-corrected chi connectivity index (χ3v) is 4.71. The summed E-state index contributed by atoms with van der Waals surface area (Å²) in [5, 5.41) is 10.5. The van der Waals surface area contributed by atoms with Gasteiger partial charge in [-0.3, -0.25) is 4.79 Å². The molecule has 1 aromatic carbocycles. The second-order valence-electron chi connectivity index (χ2n) is 4.06. The number of rotatable bonds is 5. The van der Waals surface area contributed by atoms with E-state index in [0.717, 1.165) is 23.5 Å². The van der Waals surface area contributed by atoms with Crippen molar-refractivity contribution in [1.82, 2.24) is 9.71 Å². The molecular weight excluding hydrogens is 318 g/mol. The zero-order valence-corrected chi connectivity index (χ0v) is 12.1. The predicted octanol–water partition coefficient (Wildman–Crippen LogP) is 0.195. The number of aromatic amines is 1. The third-order valence-electron chi connectivity index (χ3n) is 2.55. The summed E-state index contributed by atoms with van der Waals surface area (Å²) in [4.78, 5) is 23.8. The fourth-order valence-electron chi connectivity index (χ4n) is 1.59. The number of aromatic carboxylic acids is 1. The molecule has 1 heterocycles. The second kappa shape index (κ2) is 5.68. The molecule has 0 fully saturated rings. The maximum Gasteiger partial charge on any atom is 0.337 e. The van der Waals surface area contributed by atoms with E-state index in [4.69, 9.17) is 10.8 Å². The van der Waals surface area contributed by atoms with Gasteiger partial charge in [0.25, 0.3) is 0 Å². The maximum atomic E-state index is 12.2. The molecule has 5 N–H and O–H groups in total. The molecule has 0 saturated carbocycles. The number of nitrogens with two attached hydrogens (primary N) is 1. The average molecular weight is 329 g/mol. The molecule has 0 radical (unpaired) electrons. The van der Waals surface area contributed by atoms with Gasteiger partial charge in [0.1, 0.15) is 0 Å². The van der Waals surface area contributed by atoms with E-state index >= 15 is 0 Å². The normalized spacial score (nSPS) is 11.4. The Morgan fingerprint density at radius 3 is 2.71 bits per heavy atom. The van der Waals surface area contributed by atoms with E-state index in [9.17, 15) is 18.0 Å². The van der Waals surface area contributed by atoms with Crippen LogP contribution in [0, 0.1) is 0 Å². The molecule has 0 aliphatic rings. The lowest BCUT2D eigenvalue weighted by molar-refractivity contribution is 0.0692. The van der Waals surface area contributed by atoms with Crippen LogP contribution in [0.3, 0.4) is 0 Å². The summed E-state index contributed by atoms with van der Waals surface area (Å²) in [5.41, 5.74) is 5.64. The number of hydrogen-bond acceptors (Lipinski definition) is 6. The minimum absolute atomic E-state index is 0.129. The second-order valence-corrected chi connectivity index (χ2v) is 6.64. The van der Waals surface area contributed by atoms with Crippen LogP contribution in [0.4, 0.5) is 5.69 Å². The minimum Gasteiger partial charge on any atom is -0.478 e. The van der Waals surface area contributed by atoms with Gasteiger partial charge in [-0.25, -0.2) is 17.9 Å². The Balaban J connectivity index is 2.33. The van der Waals surface area contributed by atoms with E-state index in [-0.39, 0.29) is 22.7 Å². The molecule has 10 heteroatoms. The molecule has 2 aromatic rings. The van der Waals surface area contributed by atoms with E-state index in [2.05, 4.69) is 9.71 Å². The van der Waals surface area contributed by atoms with Crippen molar-refractivity contribution in [3.8, 4) is 0 Å². The van der Waals surface area contributed by atoms with Crippen LogP contribution >= 0.6 is 11.3 Å². The summed E-state index contributed by atoms with van der Waals surface area (Å²) in [6.45, 7) is -0.158. The van der Waals surface area contributed by atoms with Crippen molar-refractivity contribution in [2.75, 3.05) is 5.73 Å². The number of carboxylic acids is 1. The summed E-state index contributed by atoms with van der Waals surface area (Å²) in [5.74, 6) is -1.38. The molecule has 0 amide bonds. The van der Waals surface area contributed by atoms with Crippen LogP contribution in [0.5, 0.6) is 0 Å². The fraction of sp³-hybridized carbons (Fsp3) is 0.0909. The number of benzene rings is 1. The Morgan fingerprint density at radius 2 is 2.14 bits per heavy atom. The Kier molecular flexibility index (Phi) is 4.11. The SMILES string of the molecule is Nc1ccc(C(=O)O)c(S(=O)(=O)NCc2csc(=O)[nH]2)c1. The number of carboxylic acid groups (broad SMARTS) is 1. The van der Waals surface area contributed by atoms with Gasteiger partial charge in [-0.15, -0.1) is 0 Å². The molecule has 2 rings (SSSR count). The van der Waals surface area contributed by atoms with Crippen molar-refractivity contribution in [3.63, 3.8) is 0 Å². The van der Waals surface area contributed by atoms with Gasteiger partial charge in [-0.2, -0.15) is 0 Å². The first-order chi connectivity index (χ1) is 9.79. The molecule has 8 nitrogen and oxygen atoms in total. The van der Waals surface area contributed by atoms with Crippen molar-refractivity contribution in [1.29, 1.82) is 0 Å². The van der Waals surface area contributed by atoms with E-state index in [1.807, 2.05) is 0 Å². The largest absolute Gasteiger partial charge is 0.478 e. The number of nitrogens with one attached hydrogen (secondary N) is 2. The van der Waals surface area contributed by atoms with Crippen LogP contribution in [0.15, 0.2) is 33.3 Å². The minimum atomic E-state index is -4.08. The lowest BCUT2D eigenvalue weighted by Gasteiger charge is -2.09. The van der Waals surface area contributed by atoms with Crippen LogP contribution in [0.2, 0.25) is 0 Å². The molecule has 0 unspecified atom stereocenters. The highest BCUT2D eigenvalue weighted by molar-refractivity contribution is 7.89. The van der Waals surface area contributed by atoms with Gasteiger partial charge in [0, 0.05) is 16.8 Å². The summed E-state index contributed by atoms with van der Waals surface area (Å²) in [6.07, 6.45) is 0. The van der Waals surface area contributed by atoms with Gasteiger partial charge in [0.15, 0.2) is 0 Å². The summed E-state index contributed by atoms with van der Waals surface area (Å²) in [7, 11) is -4.08. The molecule has 0 aliphatic heterocycles. The maximum absolute atomic E-state index is 12.2. The Bertz CT molecular complexity index is 838. The molecule has 112 valence electrons. The molecule has 0 saturated heterocycles. The standard InChI is InChI=1S/C11H11N3O5S2/c12-6-1-2-8(10(15)16)9(3-6)21(18,19)13-4-7-5-20-11(17)14-7/h1-3,5,13H,4,12H2,(H,14,17)(H,15,16). The highest BCUT2D eigenvalue weighted by atomic mass is 32.2. The Hall–Kier alpha value is -2.17. The van der Waals surface area contributed by atoms with Crippen LogP contribution in [-0.4, -0.2) is 24.5 Å². The van der Waals surface area contributed by atoms with Crippen molar-refractivity contribution in [3.05, 3.63) is 44.5 Å². The molecule has 21 heavy (non-hydrogen) atoms. The van der Waals surface area contributed by atoms with Gasteiger partial charge >= 0.3 is 10.8 Å². The number of anilines is 1.